The van der Waals surface area contributed by atoms with Crippen molar-refractivity contribution in [3.8, 4) is 17.4 Å². The Labute approximate surface area is 304 Å². The number of rotatable bonds is 10. The molecule has 2 amide bonds. The molecule has 4 aliphatic rings. The number of nitrogens with one attached hydrogen (secondary N) is 1. The minimum Gasteiger partial charge on any atom is -0.496 e. The minimum atomic E-state index is -3.84. The van der Waals surface area contributed by atoms with Crippen LogP contribution in [0.3, 0.4) is 0 Å². The van der Waals surface area contributed by atoms with Crippen molar-refractivity contribution in [3.63, 3.8) is 0 Å². The predicted octanol–water partition coefficient (Wildman–Crippen LogP) is 4.42. The van der Waals surface area contributed by atoms with Crippen LogP contribution in [0.1, 0.15) is 83.6 Å². The fraction of sp³-hybridized carbons (Fsp3) is 0.579. The number of methoxy groups -OCH3 is 1. The lowest BCUT2D eigenvalue weighted by atomic mass is 9.91. The summed E-state index contributed by atoms with van der Waals surface area (Å²) in [5.41, 5.74) is 0.178. The summed E-state index contributed by atoms with van der Waals surface area (Å²) in [6, 6.07) is 3.53. The van der Waals surface area contributed by atoms with Crippen LogP contribution in [0.2, 0.25) is 0 Å². The minimum absolute atomic E-state index is 0.0558. The van der Waals surface area contributed by atoms with E-state index in [0.29, 0.717) is 66.7 Å². The second-order valence-corrected chi connectivity index (χ2v) is 16.7. The molecule has 1 aromatic carbocycles. The third-order valence-corrected chi connectivity index (χ3v) is 12.3. The fourth-order valence-corrected chi connectivity index (χ4v) is 8.85. The average Bonchev–Trinajstić information content (AvgIpc) is 4.02. The van der Waals surface area contributed by atoms with Gasteiger partial charge in [-0.3, -0.25) is 28.9 Å². The fourth-order valence-electron chi connectivity index (χ4n) is 7.47. The van der Waals surface area contributed by atoms with Gasteiger partial charge in [-0.05, 0) is 77.3 Å². The molecule has 1 aromatic heterocycles. The number of aliphatic imine (C=N–C) groups is 1. The van der Waals surface area contributed by atoms with Gasteiger partial charge in [-0.25, -0.2) is 13.4 Å². The molecule has 0 radical (unpaired) electrons. The summed E-state index contributed by atoms with van der Waals surface area (Å²) in [6.07, 6.45) is 9.42. The molecule has 3 heterocycles. The second kappa shape index (κ2) is 15.3. The van der Waals surface area contributed by atoms with E-state index >= 15 is 0 Å². The average molecular weight is 737 g/mol. The zero-order valence-corrected chi connectivity index (χ0v) is 31.0. The Morgan fingerprint density at radius 2 is 1.92 bits per heavy atom. The van der Waals surface area contributed by atoms with Crippen LogP contribution in [0.5, 0.6) is 17.4 Å². The van der Waals surface area contributed by atoms with Crippen LogP contribution in [-0.2, 0) is 29.2 Å². The number of carbonyl (C=O) groups is 4. The summed E-state index contributed by atoms with van der Waals surface area (Å²) in [5, 5.41) is 0.105. The van der Waals surface area contributed by atoms with E-state index in [0.717, 1.165) is 31.0 Å². The SMILES string of the molecule is COc1ccc2c(O[C@@H]3C[C@H]4C(=O)C[C@]5(C(=O)NS(=O)(=O)C6CC6)C[C@H]5/C=C\CCCCC[C@H](N=CC=O)C(=O)N4C3)cc(OC(C)C)nc2c1C. The monoisotopic (exact) mass is 736 g/mol. The quantitative estimate of drug-likeness (QED) is 0.209. The molecule has 2 aliphatic heterocycles. The lowest BCUT2D eigenvalue weighted by molar-refractivity contribution is -0.140. The molecule has 0 spiro atoms. The molecule has 13 nitrogen and oxygen atoms in total. The Hall–Kier alpha value is -4.33. The first kappa shape index (κ1) is 37.4. The van der Waals surface area contributed by atoms with E-state index in [9.17, 15) is 27.6 Å². The molecule has 52 heavy (non-hydrogen) atoms. The Morgan fingerprint density at radius 3 is 2.63 bits per heavy atom. The summed E-state index contributed by atoms with van der Waals surface area (Å²) in [4.78, 5) is 64.2. The second-order valence-electron chi connectivity index (χ2n) is 14.7. The number of hydrogen-bond donors (Lipinski definition) is 1. The van der Waals surface area contributed by atoms with Crippen LogP contribution in [-0.4, -0.2) is 91.6 Å². The van der Waals surface area contributed by atoms with Crippen molar-refractivity contribution in [2.45, 2.75) is 115 Å². The molecule has 2 saturated carbocycles. The highest BCUT2D eigenvalue weighted by molar-refractivity contribution is 7.90. The number of carbonyl (C=O) groups excluding carboxylic acids is 4. The van der Waals surface area contributed by atoms with Gasteiger partial charge in [0, 0.05) is 29.9 Å². The number of ketones is 1. The molecular formula is C38H48N4O9S. The number of Topliss-reactive ketones (excluding diaryl/α,β-unsaturated/α-hetero) is 1. The van der Waals surface area contributed by atoms with E-state index in [1.165, 1.54) is 4.90 Å². The van der Waals surface area contributed by atoms with Gasteiger partial charge in [0.15, 0.2) is 12.1 Å². The van der Waals surface area contributed by atoms with Gasteiger partial charge < -0.3 is 19.1 Å². The van der Waals surface area contributed by atoms with Crippen LogP contribution in [0, 0.1) is 18.3 Å². The first-order valence-electron chi connectivity index (χ1n) is 18.2. The van der Waals surface area contributed by atoms with Crippen molar-refractivity contribution in [1.29, 1.82) is 0 Å². The molecule has 3 fully saturated rings. The van der Waals surface area contributed by atoms with Crippen molar-refractivity contribution in [2.24, 2.45) is 16.3 Å². The van der Waals surface area contributed by atoms with Crippen molar-refractivity contribution >= 4 is 51.0 Å². The third kappa shape index (κ3) is 8.01. The maximum absolute atomic E-state index is 14.4. The summed E-state index contributed by atoms with van der Waals surface area (Å²) >= 11 is 0. The molecule has 0 unspecified atom stereocenters. The summed E-state index contributed by atoms with van der Waals surface area (Å²) in [6.45, 7) is 5.73. The summed E-state index contributed by atoms with van der Waals surface area (Å²) in [7, 11) is -2.26. The number of sulfonamides is 1. The van der Waals surface area contributed by atoms with E-state index in [1.54, 1.807) is 13.2 Å². The Balaban J connectivity index is 1.34. The van der Waals surface area contributed by atoms with Crippen molar-refractivity contribution in [3.05, 3.63) is 35.9 Å². The molecule has 280 valence electrons. The predicted molar refractivity (Wildman–Crippen MR) is 194 cm³/mol. The molecule has 6 rings (SSSR count). The van der Waals surface area contributed by atoms with Crippen LogP contribution in [0.15, 0.2) is 35.3 Å². The molecule has 14 heteroatoms. The topological polar surface area (TPSA) is 171 Å². The molecule has 1 saturated heterocycles. The molecule has 0 bridgehead atoms. The van der Waals surface area contributed by atoms with E-state index < -0.39 is 50.7 Å². The number of fused-ring (bicyclic) bond motifs is 3. The van der Waals surface area contributed by atoms with Gasteiger partial charge >= 0.3 is 0 Å². The highest BCUT2D eigenvalue weighted by atomic mass is 32.2. The van der Waals surface area contributed by atoms with Crippen molar-refractivity contribution in [1.82, 2.24) is 14.6 Å². The number of aryl methyl sites for hydroxylation is 1. The number of aldehydes is 1. The Morgan fingerprint density at radius 1 is 1.13 bits per heavy atom. The van der Waals surface area contributed by atoms with Gasteiger partial charge in [-0.2, -0.15) is 0 Å². The number of aromatic nitrogens is 1. The molecule has 2 aromatic rings. The zero-order chi connectivity index (χ0) is 37.2. The largest absolute Gasteiger partial charge is 0.496 e. The Kier molecular flexibility index (Phi) is 11.0. The summed E-state index contributed by atoms with van der Waals surface area (Å²) in [5.74, 6) is -0.277. The standard InChI is InChI=1S/C38H48N4O9S/c1-23(2)50-34-19-33(28-14-15-32(49-4)24(3)35(28)40-34)51-26-18-30-31(44)21-38(37(46)41-52(47,48)27-12-13-27)20-25(38)10-8-6-5-7-9-11-29(39-16-17-43)36(45)42(30)22-26/h8,10,14-17,19,23,25-27,29-30H,5-7,9,11-13,18,20-22H2,1-4H3,(H,41,46)/b10-8-,39-16?/t25-,26-,29+,30+,38-/m1/s1. The molecule has 5 atom stereocenters. The van der Waals surface area contributed by atoms with Gasteiger partial charge in [-0.15, -0.1) is 0 Å². The van der Waals surface area contributed by atoms with E-state index in [1.807, 2.05) is 45.1 Å². The zero-order valence-electron chi connectivity index (χ0n) is 30.2. The normalized spacial score (nSPS) is 27.8. The maximum atomic E-state index is 14.4. The smallest absolute Gasteiger partial charge is 0.248 e. The van der Waals surface area contributed by atoms with Gasteiger partial charge in [0.2, 0.25) is 27.7 Å². The van der Waals surface area contributed by atoms with Crippen LogP contribution in [0.4, 0.5) is 0 Å². The van der Waals surface area contributed by atoms with E-state index in [2.05, 4.69) is 9.71 Å². The third-order valence-electron chi connectivity index (χ3n) is 10.5. The van der Waals surface area contributed by atoms with Gasteiger partial charge in [0.25, 0.3) is 0 Å². The van der Waals surface area contributed by atoms with Crippen LogP contribution in [0.25, 0.3) is 10.9 Å². The van der Waals surface area contributed by atoms with Gasteiger partial charge in [-0.1, -0.05) is 25.0 Å². The number of amides is 2. The maximum Gasteiger partial charge on any atom is 0.248 e. The molecule has 1 N–H and O–H groups in total. The highest BCUT2D eigenvalue weighted by Crippen LogP contribution is 2.57. The first-order valence-corrected chi connectivity index (χ1v) is 19.8. The Bertz CT molecular complexity index is 1890. The number of benzene rings is 1. The lowest BCUT2D eigenvalue weighted by Gasteiger charge is -2.27. The van der Waals surface area contributed by atoms with E-state index in [-0.39, 0.29) is 37.2 Å². The van der Waals surface area contributed by atoms with Gasteiger partial charge in [0.1, 0.15) is 23.6 Å². The number of nitrogens with zero attached hydrogens (tertiary/aromatic N) is 3. The van der Waals surface area contributed by atoms with Crippen molar-refractivity contribution in [2.75, 3.05) is 13.7 Å². The number of pyridine rings is 1. The highest BCUT2D eigenvalue weighted by Gasteiger charge is 2.61. The van der Waals surface area contributed by atoms with Gasteiger partial charge in [0.05, 0.1) is 48.2 Å². The number of allylic oxidation sites excluding steroid dienone is 2. The lowest BCUT2D eigenvalue weighted by Crippen LogP contribution is -2.47. The molecule has 2 aliphatic carbocycles. The van der Waals surface area contributed by atoms with Crippen molar-refractivity contribution < 1.29 is 41.8 Å². The number of hydrogen-bond acceptors (Lipinski definition) is 11. The van der Waals surface area contributed by atoms with Crippen LogP contribution >= 0.6 is 0 Å². The number of ether oxygens (including phenoxy) is 3. The molecular weight excluding hydrogens is 689 g/mol. The van der Waals surface area contributed by atoms with E-state index in [4.69, 9.17) is 19.2 Å². The van der Waals surface area contributed by atoms with Crippen LogP contribution < -0.4 is 18.9 Å². The first-order chi connectivity index (χ1) is 24.9. The summed E-state index contributed by atoms with van der Waals surface area (Å²) < 4.78 is 46.1.